The highest BCUT2D eigenvalue weighted by Crippen LogP contribution is 2.45. The molecule has 0 saturated heterocycles. The summed E-state index contributed by atoms with van der Waals surface area (Å²) < 4.78 is 16.8. The number of phenolic OH excluding ortho intramolecular Hbond substituents is 1. The largest absolute Gasteiger partial charge is 0.508 e. The van der Waals surface area contributed by atoms with Crippen LogP contribution in [0.1, 0.15) is 0 Å². The first-order chi connectivity index (χ1) is 49.0. The lowest BCUT2D eigenvalue weighted by atomic mass is 9.94. The molecule has 0 spiro atoms. The molecule has 22 aromatic rings. The Hall–Kier alpha value is -13.0. The zero-order chi connectivity index (χ0) is 65.4. The quantitative estimate of drug-likeness (QED) is 0.176. The van der Waals surface area contributed by atoms with Gasteiger partial charge in [-0.1, -0.05) is 186 Å². The topological polar surface area (TPSA) is 99.7 Å². The van der Waals surface area contributed by atoms with Crippen molar-refractivity contribution in [2.45, 2.75) is 0 Å². The molecule has 14 aromatic carbocycles. The molecule has 10 nitrogen and oxygen atoms in total. The van der Waals surface area contributed by atoms with Crippen LogP contribution in [0.4, 0.5) is 0 Å². The summed E-state index contributed by atoms with van der Waals surface area (Å²) in [6.45, 7) is 0. The van der Waals surface area contributed by atoms with Gasteiger partial charge in [-0.15, -0.1) is 0 Å². The van der Waals surface area contributed by atoms with Crippen molar-refractivity contribution in [2.75, 3.05) is 0 Å². The highest BCUT2D eigenvalue weighted by atomic mass is 79.9. The van der Waals surface area contributed by atoms with Gasteiger partial charge < -0.3 is 9.84 Å². The number of hydrogen-bond donors (Lipinski definition) is 1. The zero-order valence-corrected chi connectivity index (χ0v) is 54.4. The number of para-hydroxylation sites is 6. The molecule has 0 bridgehead atoms. The van der Waals surface area contributed by atoms with Crippen molar-refractivity contribution in [1.29, 1.82) is 0 Å². The third-order valence-electron chi connectivity index (χ3n) is 19.6. The second-order valence-corrected chi connectivity index (χ2v) is 26.0. The summed E-state index contributed by atoms with van der Waals surface area (Å²) in [5.41, 5.74) is 14.5. The van der Waals surface area contributed by atoms with E-state index in [4.69, 9.17) is 19.7 Å². The van der Waals surface area contributed by atoms with Crippen LogP contribution in [0.3, 0.4) is 0 Å². The number of pyridine rings is 4. The van der Waals surface area contributed by atoms with Gasteiger partial charge in [0.2, 0.25) is 0 Å². The van der Waals surface area contributed by atoms with E-state index in [0.29, 0.717) is 0 Å². The second kappa shape index (κ2) is 22.3. The zero-order valence-electron chi connectivity index (χ0n) is 52.8. The molecule has 11 heteroatoms. The first-order valence-corrected chi connectivity index (χ1v) is 33.8. The maximum Gasteiger partial charge on any atom is 0.146 e. The van der Waals surface area contributed by atoms with Gasteiger partial charge in [-0.2, -0.15) is 0 Å². The molecular weight excluding hydrogens is 1280 g/mol. The Balaban J connectivity index is 0.000000112. The average molecular weight is 1330 g/mol. The van der Waals surface area contributed by atoms with Crippen LogP contribution in [-0.2, 0) is 0 Å². The first kappa shape index (κ1) is 56.4. The van der Waals surface area contributed by atoms with E-state index in [1.807, 2.05) is 73.1 Å². The lowest BCUT2D eigenvalue weighted by Gasteiger charge is -2.16. The monoisotopic (exact) mass is 1330 g/mol. The summed E-state index contributed by atoms with van der Waals surface area (Å²) in [6.07, 6.45) is 3.69. The summed E-state index contributed by atoms with van der Waals surface area (Å²) >= 11 is 3.54. The molecule has 0 atom stereocenters. The lowest BCUT2D eigenvalue weighted by molar-refractivity contribution is 0.476. The maximum absolute atomic E-state index is 10.3. The normalized spacial score (nSPS) is 11.9. The van der Waals surface area contributed by atoms with E-state index in [0.717, 1.165) is 110 Å². The Morgan fingerprint density at radius 1 is 0.283 bits per heavy atom. The van der Waals surface area contributed by atoms with Crippen molar-refractivity contribution in [2.24, 2.45) is 0 Å². The van der Waals surface area contributed by atoms with Gasteiger partial charge in [0, 0.05) is 82.5 Å². The molecule has 0 fully saturated rings. The predicted molar refractivity (Wildman–Crippen MR) is 412 cm³/mol. The van der Waals surface area contributed by atoms with E-state index in [-0.39, 0.29) is 5.75 Å². The molecule has 464 valence electrons. The second-order valence-electron chi connectivity index (χ2n) is 25.1. The Morgan fingerprint density at radius 3 is 1.20 bits per heavy atom. The molecule has 0 saturated carbocycles. The van der Waals surface area contributed by atoms with Crippen LogP contribution in [-0.4, -0.2) is 43.0 Å². The van der Waals surface area contributed by atoms with E-state index < -0.39 is 0 Å². The molecule has 0 aliphatic carbocycles. The highest BCUT2D eigenvalue weighted by molar-refractivity contribution is 9.10. The smallest absolute Gasteiger partial charge is 0.146 e. The molecule has 99 heavy (non-hydrogen) atoms. The van der Waals surface area contributed by atoms with Gasteiger partial charge in [-0.3, -0.25) is 17.9 Å². The standard InChI is InChI=1S/C44H26N4O.C27H16N2O.C17H11BrN2/c1-3-16-33-30(13-1)31-14-2-4-17-35(31)42-41(33)34-23-22-29(26-37(34)44-46-38-19-6-8-21-40(38)48(42)44)49-28-12-9-11-27(25-28)47-39-20-7-5-15-32(39)36-18-10-24-45-43(36)47;30-16-13-14-20-22(15-16)27-28-23-11-5-6-12-24(23)29(27)26-21-10-4-2-8-18(21)17-7-1-3-9-19(17)25(20)26;18-12-5-3-6-13(11-12)20-16-9-2-1-7-14(16)15-8-4-10-19-17(15)20/h1-26H;1-15,30H;1-11H. The fraction of sp³-hybridized carbons (Fsp3) is 0. The molecule has 0 aliphatic heterocycles. The van der Waals surface area contributed by atoms with Crippen LogP contribution in [0.2, 0.25) is 0 Å². The molecule has 0 aliphatic rings. The molecule has 8 heterocycles. The van der Waals surface area contributed by atoms with E-state index >= 15 is 0 Å². The Bertz CT molecular complexity index is 7040. The fourth-order valence-corrected chi connectivity index (χ4v) is 16.0. The molecule has 1 N–H and O–H groups in total. The number of halogens is 1. The predicted octanol–water partition coefficient (Wildman–Crippen LogP) is 23.1. The lowest BCUT2D eigenvalue weighted by Crippen LogP contribution is -1.96. The number of benzene rings is 14. The number of ether oxygens (including phenoxy) is 1. The van der Waals surface area contributed by atoms with Crippen molar-refractivity contribution >= 4 is 180 Å². The summed E-state index contributed by atoms with van der Waals surface area (Å²) in [5.74, 6) is 1.75. The minimum Gasteiger partial charge on any atom is -0.508 e. The van der Waals surface area contributed by atoms with Gasteiger partial charge in [0.15, 0.2) is 0 Å². The number of hydrogen-bond acceptors (Lipinski definition) is 6. The highest BCUT2D eigenvalue weighted by Gasteiger charge is 2.23. The summed E-state index contributed by atoms with van der Waals surface area (Å²) in [7, 11) is 0. The van der Waals surface area contributed by atoms with E-state index in [1.54, 1.807) is 6.07 Å². The van der Waals surface area contributed by atoms with Gasteiger partial charge >= 0.3 is 0 Å². The number of phenols is 1. The van der Waals surface area contributed by atoms with Crippen molar-refractivity contribution in [3.05, 3.63) is 320 Å². The van der Waals surface area contributed by atoms with Crippen LogP contribution in [0.15, 0.2) is 320 Å². The summed E-state index contributed by atoms with van der Waals surface area (Å²) in [5, 5.41) is 31.5. The molecule has 22 rings (SSSR count). The van der Waals surface area contributed by atoms with Crippen LogP contribution in [0.25, 0.3) is 175 Å². The fourth-order valence-electron chi connectivity index (χ4n) is 15.6. The van der Waals surface area contributed by atoms with Crippen LogP contribution in [0.5, 0.6) is 17.2 Å². The Labute approximate surface area is 572 Å². The molecule has 0 unspecified atom stereocenters. The summed E-state index contributed by atoms with van der Waals surface area (Å²) in [4.78, 5) is 19.5. The Kier molecular flexibility index (Phi) is 12.7. The minimum absolute atomic E-state index is 0.251. The molecule has 8 aromatic heterocycles. The number of aromatic nitrogens is 8. The van der Waals surface area contributed by atoms with Crippen molar-refractivity contribution in [1.82, 2.24) is 37.9 Å². The van der Waals surface area contributed by atoms with Gasteiger partial charge in [-0.25, -0.2) is 19.9 Å². The maximum atomic E-state index is 10.3. The third-order valence-corrected chi connectivity index (χ3v) is 20.1. The average Bonchev–Trinajstić information content (AvgIpc) is 1.70. The van der Waals surface area contributed by atoms with Crippen LogP contribution in [0, 0.1) is 0 Å². The van der Waals surface area contributed by atoms with Crippen molar-refractivity contribution in [3.63, 3.8) is 0 Å². The SMILES string of the molecule is Brc1cccc(-n2c3ccccc3c3cccnc32)c1.Oc1ccc2c(c1)c1nc3ccccc3n1c1c3ccccc3c3ccccc3c21.c1cc(Oc2ccc3c(c2)c2nc4ccccc4n2c2c4ccccc4c4ccccc4c32)cc(-n2c3ccccc3c3cccnc32)c1. The Morgan fingerprint density at radius 2 is 0.677 bits per heavy atom. The number of aromatic hydroxyl groups is 1. The van der Waals surface area contributed by atoms with Gasteiger partial charge in [0.05, 0.1) is 49.8 Å². The van der Waals surface area contributed by atoms with E-state index in [2.05, 4.69) is 275 Å². The number of fused-ring (bicyclic) bond motifs is 32. The summed E-state index contributed by atoms with van der Waals surface area (Å²) in [6, 6.07) is 105. The first-order valence-electron chi connectivity index (χ1n) is 33.0. The number of nitrogens with zero attached hydrogens (tertiary/aromatic N) is 8. The van der Waals surface area contributed by atoms with Gasteiger partial charge in [-0.05, 0) is 170 Å². The van der Waals surface area contributed by atoms with E-state index in [9.17, 15) is 5.11 Å². The van der Waals surface area contributed by atoms with Crippen molar-refractivity contribution < 1.29 is 9.84 Å². The molecule has 0 amide bonds. The van der Waals surface area contributed by atoms with Gasteiger partial charge in [0.25, 0.3) is 0 Å². The van der Waals surface area contributed by atoms with Crippen LogP contribution >= 0.6 is 15.9 Å². The van der Waals surface area contributed by atoms with Crippen molar-refractivity contribution in [3.8, 4) is 28.6 Å². The third kappa shape index (κ3) is 8.74. The molecule has 0 radical (unpaired) electrons. The molecular formula is C88H53BrN8O2. The van der Waals surface area contributed by atoms with Crippen LogP contribution < -0.4 is 4.74 Å². The van der Waals surface area contributed by atoms with E-state index in [1.165, 1.54) is 81.1 Å². The number of rotatable bonds is 4. The van der Waals surface area contributed by atoms with Gasteiger partial charge in [0.1, 0.15) is 39.8 Å². The minimum atomic E-state index is 0.251. The number of imidazole rings is 2.